The molecular weight excluding hydrogens is 313 g/mol. The lowest BCUT2D eigenvalue weighted by atomic mass is 10.2. The number of aromatic nitrogens is 3. The Morgan fingerprint density at radius 1 is 1.62 bits per heavy atom. The summed E-state index contributed by atoms with van der Waals surface area (Å²) in [6, 6.07) is 0. The first-order valence-corrected chi connectivity index (χ1v) is 7.61. The van der Waals surface area contributed by atoms with E-state index in [1.807, 2.05) is 0 Å². The summed E-state index contributed by atoms with van der Waals surface area (Å²) in [5, 5.41) is 3.82. The van der Waals surface area contributed by atoms with Crippen molar-refractivity contribution in [3.8, 4) is 0 Å². The summed E-state index contributed by atoms with van der Waals surface area (Å²) in [4.78, 5) is 32.5. The highest BCUT2D eigenvalue weighted by molar-refractivity contribution is 7.59. The number of amides is 1. The van der Waals surface area contributed by atoms with Gasteiger partial charge in [0.1, 0.15) is 12.9 Å². The summed E-state index contributed by atoms with van der Waals surface area (Å²) >= 11 is 0. The van der Waals surface area contributed by atoms with Crippen molar-refractivity contribution in [3.05, 3.63) is 12.2 Å². The first kappa shape index (κ1) is 16.1. The van der Waals surface area contributed by atoms with E-state index in [4.69, 9.17) is 20.3 Å². The number of halogens is 2. The third-order valence-electron chi connectivity index (χ3n) is 2.81. The van der Waals surface area contributed by atoms with Crippen LogP contribution in [0.15, 0.2) is 6.33 Å². The Kier molecular flexibility index (Phi) is 4.79. The van der Waals surface area contributed by atoms with Gasteiger partial charge in [-0.05, 0) is 12.8 Å². The Labute approximate surface area is 118 Å². The molecule has 9 nitrogen and oxygen atoms in total. The van der Waals surface area contributed by atoms with Gasteiger partial charge in [-0.15, -0.1) is 5.10 Å². The molecule has 12 heteroatoms. The summed E-state index contributed by atoms with van der Waals surface area (Å²) in [6.07, 6.45) is -2.29. The van der Waals surface area contributed by atoms with Crippen molar-refractivity contribution in [2.45, 2.75) is 31.3 Å². The van der Waals surface area contributed by atoms with E-state index in [1.54, 1.807) is 0 Å². The number of nitrogens with two attached hydrogens (primary N) is 1. The molecule has 0 aromatic carbocycles. The monoisotopic (exact) mass is 327 g/mol. The van der Waals surface area contributed by atoms with Crippen LogP contribution in [0.1, 0.15) is 29.7 Å². The Bertz CT molecular complexity index is 514. The fourth-order valence-electron chi connectivity index (χ4n) is 1.78. The number of hydrogen-bond donors (Lipinski definition) is 3. The Morgan fingerprint density at radius 3 is 2.90 bits per heavy atom. The van der Waals surface area contributed by atoms with Gasteiger partial charge in [-0.2, -0.15) is 23.1 Å². The zero-order chi connectivity index (χ0) is 15.6. The van der Waals surface area contributed by atoms with Crippen LogP contribution < -0.4 is 5.73 Å². The maximum Gasteiger partial charge on any atom is 0.478 e. The lowest BCUT2D eigenvalue weighted by Crippen LogP contribution is -2.19. The maximum absolute atomic E-state index is 12.2. The number of nitrogens with zero attached hydrogens (tertiary/aromatic N) is 3. The maximum atomic E-state index is 12.2. The van der Waals surface area contributed by atoms with Gasteiger partial charge in [-0.1, -0.05) is 0 Å². The largest absolute Gasteiger partial charge is 0.478 e. The number of alkyl halides is 2. The van der Waals surface area contributed by atoms with Crippen LogP contribution in [0.2, 0.25) is 0 Å². The first-order chi connectivity index (χ1) is 9.79. The minimum absolute atomic E-state index is 0.161. The van der Waals surface area contributed by atoms with Crippen LogP contribution in [0, 0.1) is 0 Å². The molecule has 0 saturated carbocycles. The molecule has 0 aliphatic carbocycles. The second-order valence-corrected chi connectivity index (χ2v) is 6.19. The fourth-order valence-corrected chi connectivity index (χ4v) is 2.28. The topological polar surface area (TPSA) is 133 Å². The standard InChI is InChI=1S/C9H13F2N4O5P/c10-9(11)21(17,18)19-3-5-1-2-6(20-5)15-4-13-8(14-15)7(12)16/h4-6,9,17-18H,1-3H2,(H-,12,16)/p+1. The molecule has 118 valence electrons. The lowest BCUT2D eigenvalue weighted by molar-refractivity contribution is -0.0295. The van der Waals surface area contributed by atoms with Crippen molar-refractivity contribution in [2.24, 2.45) is 5.73 Å². The molecule has 1 amide bonds. The number of hydrogen-bond acceptors (Lipinski definition) is 7. The quantitative estimate of drug-likeness (QED) is 0.628. The number of primary amides is 1. The van der Waals surface area contributed by atoms with E-state index in [9.17, 15) is 13.6 Å². The van der Waals surface area contributed by atoms with Crippen LogP contribution in [-0.4, -0.2) is 49.3 Å². The van der Waals surface area contributed by atoms with Crippen LogP contribution in [0.5, 0.6) is 0 Å². The number of carbonyl (C=O) groups is 1. The molecular formula is C9H14F2N4O5P+. The molecule has 1 aliphatic rings. The van der Waals surface area contributed by atoms with E-state index in [-0.39, 0.29) is 12.4 Å². The van der Waals surface area contributed by atoms with Crippen LogP contribution in [0.25, 0.3) is 0 Å². The van der Waals surface area contributed by atoms with Gasteiger partial charge in [0.05, 0.1) is 6.10 Å². The van der Waals surface area contributed by atoms with Crippen LogP contribution in [-0.2, 0) is 9.26 Å². The average Bonchev–Trinajstić information content (AvgIpc) is 3.05. The molecule has 0 bridgehead atoms. The van der Waals surface area contributed by atoms with E-state index in [0.29, 0.717) is 12.8 Å². The minimum Gasteiger partial charge on any atom is -0.363 e. The molecule has 2 rings (SSSR count). The van der Waals surface area contributed by atoms with Crippen LogP contribution in [0.3, 0.4) is 0 Å². The van der Waals surface area contributed by atoms with Crippen molar-refractivity contribution in [1.29, 1.82) is 0 Å². The molecule has 2 heterocycles. The summed E-state index contributed by atoms with van der Waals surface area (Å²) in [7, 11) is -4.68. The van der Waals surface area contributed by atoms with Gasteiger partial charge in [-0.25, -0.2) is 9.67 Å². The van der Waals surface area contributed by atoms with Crippen molar-refractivity contribution in [2.75, 3.05) is 6.61 Å². The second-order valence-electron chi connectivity index (χ2n) is 4.37. The van der Waals surface area contributed by atoms with E-state index in [2.05, 4.69) is 14.6 Å². The van der Waals surface area contributed by atoms with Gasteiger partial charge >= 0.3 is 14.1 Å². The lowest BCUT2D eigenvalue weighted by Gasteiger charge is -2.14. The van der Waals surface area contributed by atoms with Crippen molar-refractivity contribution < 1.29 is 32.6 Å². The zero-order valence-electron chi connectivity index (χ0n) is 10.7. The highest BCUT2D eigenvalue weighted by atomic mass is 31.2. The summed E-state index contributed by atoms with van der Waals surface area (Å²) in [5.74, 6) is -0.939. The molecule has 1 fully saturated rings. The molecule has 1 aliphatic heterocycles. The average molecular weight is 327 g/mol. The van der Waals surface area contributed by atoms with Crippen LogP contribution in [0.4, 0.5) is 8.78 Å². The van der Waals surface area contributed by atoms with Crippen LogP contribution >= 0.6 is 7.94 Å². The van der Waals surface area contributed by atoms with Gasteiger partial charge in [0, 0.05) is 0 Å². The SMILES string of the molecule is NC(=O)c1ncn(C2CCC(CO[P+](O)(O)C(F)F)O2)n1. The minimum atomic E-state index is -4.68. The molecule has 0 spiro atoms. The molecule has 2 unspecified atom stereocenters. The van der Waals surface area contributed by atoms with Gasteiger partial charge in [0.15, 0.2) is 6.23 Å². The normalized spacial score (nSPS) is 22.9. The number of rotatable bonds is 6. The molecule has 1 saturated heterocycles. The highest BCUT2D eigenvalue weighted by Gasteiger charge is 2.49. The molecule has 1 aromatic rings. The van der Waals surface area contributed by atoms with E-state index in [0.717, 1.165) is 0 Å². The van der Waals surface area contributed by atoms with Gasteiger partial charge in [0.25, 0.3) is 5.91 Å². The zero-order valence-corrected chi connectivity index (χ0v) is 11.6. The summed E-state index contributed by atoms with van der Waals surface area (Å²) in [6.45, 7) is -0.376. The Balaban J connectivity index is 1.87. The van der Waals surface area contributed by atoms with Crippen molar-refractivity contribution >= 4 is 13.9 Å². The summed E-state index contributed by atoms with van der Waals surface area (Å²) in [5.41, 5.74) is 5.02. The van der Waals surface area contributed by atoms with Crippen molar-refractivity contribution in [3.63, 3.8) is 0 Å². The molecule has 4 N–H and O–H groups in total. The number of ether oxygens (including phenoxy) is 1. The third kappa shape index (κ3) is 3.89. The van der Waals surface area contributed by atoms with Gasteiger partial charge < -0.3 is 10.5 Å². The predicted molar refractivity (Wildman–Crippen MR) is 65.0 cm³/mol. The second kappa shape index (κ2) is 6.24. The first-order valence-electron chi connectivity index (χ1n) is 5.93. The highest BCUT2D eigenvalue weighted by Crippen LogP contribution is 2.57. The number of carbonyl (C=O) groups excluding carboxylic acids is 1. The molecule has 1 aromatic heterocycles. The molecule has 0 radical (unpaired) electrons. The predicted octanol–water partition coefficient (Wildman–Crippen LogP) is 0.0410. The summed E-state index contributed by atoms with van der Waals surface area (Å²) < 4.78 is 35.6. The molecule has 21 heavy (non-hydrogen) atoms. The molecule has 2 atom stereocenters. The smallest absolute Gasteiger partial charge is 0.363 e. The fraction of sp³-hybridized carbons (Fsp3) is 0.667. The third-order valence-corrected chi connectivity index (χ3v) is 3.85. The van der Waals surface area contributed by atoms with Crippen molar-refractivity contribution in [1.82, 2.24) is 14.8 Å². The Morgan fingerprint density at radius 2 is 2.33 bits per heavy atom. The Hall–Kier alpha value is -1.26. The van der Waals surface area contributed by atoms with E-state index >= 15 is 0 Å². The van der Waals surface area contributed by atoms with Gasteiger partial charge in [-0.3, -0.25) is 4.79 Å². The van der Waals surface area contributed by atoms with E-state index < -0.39 is 32.3 Å². The van der Waals surface area contributed by atoms with Gasteiger partial charge in [0.2, 0.25) is 5.82 Å². The van der Waals surface area contributed by atoms with E-state index in [1.165, 1.54) is 11.0 Å².